The Morgan fingerprint density at radius 3 is 2.50 bits per heavy atom. The number of carbonyl (C=O) groups is 2. The van der Waals surface area contributed by atoms with E-state index in [4.69, 9.17) is 21.4 Å². The van der Waals surface area contributed by atoms with Crippen LogP contribution in [-0.4, -0.2) is 48.2 Å². The summed E-state index contributed by atoms with van der Waals surface area (Å²) in [7, 11) is 0. The zero-order valence-electron chi connectivity index (χ0n) is 12.8. The second-order valence-electron chi connectivity index (χ2n) is 5.45. The Balaban J connectivity index is 1.94. The third-order valence-electron chi connectivity index (χ3n) is 3.77. The summed E-state index contributed by atoms with van der Waals surface area (Å²) in [5.74, 6) is -0.997. The van der Waals surface area contributed by atoms with E-state index >= 15 is 0 Å². The fourth-order valence-electron chi connectivity index (χ4n) is 2.60. The van der Waals surface area contributed by atoms with Crippen LogP contribution in [0.4, 0.5) is 0 Å². The summed E-state index contributed by atoms with van der Waals surface area (Å²) < 4.78 is 5.27. The van der Waals surface area contributed by atoms with Crippen LogP contribution in [0.15, 0.2) is 30.3 Å². The first-order chi connectivity index (χ1) is 11.5. The summed E-state index contributed by atoms with van der Waals surface area (Å²) in [6.45, 7) is 2.18. The monoisotopic (exact) mass is 365 g/mol. The molecular weight excluding hydrogens is 350 g/mol. The lowest BCUT2D eigenvalue weighted by Crippen LogP contribution is -2.40. The fraction of sp³-hybridized carbons (Fsp3) is 0.294. The standard InChI is InChI=1S/C17H16ClNO4S/c18-13-3-1-11(2-4-13)16-12(10-15(20)21)9-14(24-16)17(22)19-5-7-23-8-6-19/h1-4,9H,5-8,10H2,(H,20,21). The van der Waals surface area contributed by atoms with Gasteiger partial charge in [-0.1, -0.05) is 23.7 Å². The van der Waals surface area contributed by atoms with Gasteiger partial charge in [-0.3, -0.25) is 9.59 Å². The first-order valence-corrected chi connectivity index (χ1v) is 8.71. The second kappa shape index (κ2) is 7.34. The Bertz CT molecular complexity index is 750. The van der Waals surface area contributed by atoms with E-state index in [0.29, 0.717) is 41.8 Å². The molecule has 0 spiro atoms. The van der Waals surface area contributed by atoms with Gasteiger partial charge in [0.2, 0.25) is 0 Å². The molecule has 24 heavy (non-hydrogen) atoms. The molecule has 1 aromatic carbocycles. The Kier molecular flexibility index (Phi) is 5.18. The van der Waals surface area contributed by atoms with Crippen LogP contribution >= 0.6 is 22.9 Å². The molecule has 1 saturated heterocycles. The van der Waals surface area contributed by atoms with E-state index in [1.54, 1.807) is 23.1 Å². The van der Waals surface area contributed by atoms with E-state index in [1.807, 2.05) is 12.1 Å². The third kappa shape index (κ3) is 3.77. The van der Waals surface area contributed by atoms with Gasteiger partial charge in [-0.15, -0.1) is 11.3 Å². The highest BCUT2D eigenvalue weighted by molar-refractivity contribution is 7.17. The topological polar surface area (TPSA) is 66.8 Å². The number of morpholine rings is 1. The van der Waals surface area contributed by atoms with Crippen molar-refractivity contribution in [2.24, 2.45) is 0 Å². The van der Waals surface area contributed by atoms with Gasteiger partial charge in [0.05, 0.1) is 24.5 Å². The third-order valence-corrected chi connectivity index (χ3v) is 5.23. The summed E-state index contributed by atoms with van der Waals surface area (Å²) in [6.07, 6.45) is -0.120. The van der Waals surface area contributed by atoms with Crippen molar-refractivity contribution in [2.45, 2.75) is 6.42 Å². The minimum absolute atomic E-state index is 0.0739. The molecule has 2 aromatic rings. The van der Waals surface area contributed by atoms with E-state index in [9.17, 15) is 9.59 Å². The van der Waals surface area contributed by atoms with Crippen LogP contribution in [0.5, 0.6) is 0 Å². The van der Waals surface area contributed by atoms with E-state index in [0.717, 1.165) is 10.4 Å². The van der Waals surface area contributed by atoms with Crippen LogP contribution in [0.1, 0.15) is 15.2 Å². The maximum absolute atomic E-state index is 12.6. The molecule has 1 fully saturated rings. The molecule has 1 N–H and O–H groups in total. The molecule has 0 aliphatic carbocycles. The maximum Gasteiger partial charge on any atom is 0.307 e. The zero-order chi connectivity index (χ0) is 17.1. The maximum atomic E-state index is 12.6. The van der Waals surface area contributed by atoms with Gasteiger partial charge in [0, 0.05) is 23.0 Å². The average Bonchev–Trinajstić information content (AvgIpc) is 2.98. The van der Waals surface area contributed by atoms with Crippen LogP contribution in [-0.2, 0) is 16.0 Å². The normalized spacial score (nSPS) is 14.6. The highest BCUT2D eigenvalue weighted by atomic mass is 35.5. The molecule has 3 rings (SSSR count). The van der Waals surface area contributed by atoms with E-state index in [-0.39, 0.29) is 12.3 Å². The van der Waals surface area contributed by atoms with Crippen molar-refractivity contribution in [3.8, 4) is 10.4 Å². The van der Waals surface area contributed by atoms with Crippen molar-refractivity contribution in [1.82, 2.24) is 4.90 Å². The fourth-order valence-corrected chi connectivity index (χ4v) is 3.88. The zero-order valence-corrected chi connectivity index (χ0v) is 14.4. The molecule has 5 nitrogen and oxygen atoms in total. The molecule has 0 saturated carbocycles. The number of amides is 1. The first kappa shape index (κ1) is 17.0. The van der Waals surface area contributed by atoms with Crippen molar-refractivity contribution < 1.29 is 19.4 Å². The summed E-state index contributed by atoms with van der Waals surface area (Å²) in [5, 5.41) is 9.76. The number of hydrogen-bond donors (Lipinski definition) is 1. The molecule has 1 aromatic heterocycles. The van der Waals surface area contributed by atoms with Crippen LogP contribution < -0.4 is 0 Å². The Morgan fingerprint density at radius 2 is 1.88 bits per heavy atom. The molecular formula is C17H16ClNO4S. The summed E-state index contributed by atoms with van der Waals surface area (Å²) in [4.78, 5) is 26.9. The molecule has 0 radical (unpaired) electrons. The van der Waals surface area contributed by atoms with E-state index in [2.05, 4.69) is 0 Å². The van der Waals surface area contributed by atoms with Gasteiger partial charge in [-0.25, -0.2) is 0 Å². The highest BCUT2D eigenvalue weighted by Gasteiger charge is 2.23. The number of ether oxygens (including phenoxy) is 1. The second-order valence-corrected chi connectivity index (χ2v) is 6.94. The SMILES string of the molecule is O=C(O)Cc1cc(C(=O)N2CCOCC2)sc1-c1ccc(Cl)cc1. The minimum atomic E-state index is -0.923. The van der Waals surface area contributed by atoms with Crippen molar-refractivity contribution in [3.63, 3.8) is 0 Å². The van der Waals surface area contributed by atoms with Crippen molar-refractivity contribution in [2.75, 3.05) is 26.3 Å². The van der Waals surface area contributed by atoms with Crippen molar-refractivity contribution in [3.05, 3.63) is 45.8 Å². The molecule has 1 aliphatic rings. The van der Waals surface area contributed by atoms with Gasteiger partial charge in [0.1, 0.15) is 0 Å². The van der Waals surface area contributed by atoms with Gasteiger partial charge in [0.15, 0.2) is 0 Å². The van der Waals surface area contributed by atoms with Gasteiger partial charge in [-0.05, 0) is 29.3 Å². The lowest BCUT2D eigenvalue weighted by Gasteiger charge is -2.26. The molecule has 0 atom stereocenters. The van der Waals surface area contributed by atoms with Crippen LogP contribution in [0.2, 0.25) is 5.02 Å². The number of benzene rings is 1. The Morgan fingerprint density at radius 1 is 1.21 bits per heavy atom. The summed E-state index contributed by atoms with van der Waals surface area (Å²) >= 11 is 7.24. The predicted octanol–water partition coefficient (Wildman–Crippen LogP) is 3.17. The number of hydrogen-bond acceptors (Lipinski definition) is 4. The Labute approximate surface area is 148 Å². The molecule has 0 unspecified atom stereocenters. The van der Waals surface area contributed by atoms with E-state index < -0.39 is 5.97 Å². The van der Waals surface area contributed by atoms with Gasteiger partial charge < -0.3 is 14.7 Å². The molecule has 126 valence electrons. The smallest absolute Gasteiger partial charge is 0.307 e. The number of carbonyl (C=O) groups excluding carboxylic acids is 1. The number of carboxylic acids is 1. The molecule has 7 heteroatoms. The molecule has 1 aliphatic heterocycles. The highest BCUT2D eigenvalue weighted by Crippen LogP contribution is 2.34. The quantitative estimate of drug-likeness (QED) is 0.903. The van der Waals surface area contributed by atoms with Crippen LogP contribution in [0.3, 0.4) is 0 Å². The number of thiophene rings is 1. The molecule has 1 amide bonds. The summed E-state index contributed by atoms with van der Waals surface area (Å²) in [5.41, 5.74) is 1.51. The Hall–Kier alpha value is -1.89. The number of nitrogens with zero attached hydrogens (tertiary/aromatic N) is 1. The largest absolute Gasteiger partial charge is 0.481 e. The van der Waals surface area contributed by atoms with Gasteiger partial charge >= 0.3 is 5.97 Å². The number of halogens is 1. The van der Waals surface area contributed by atoms with Crippen LogP contribution in [0, 0.1) is 0 Å². The lowest BCUT2D eigenvalue weighted by atomic mass is 10.1. The molecule has 2 heterocycles. The lowest BCUT2D eigenvalue weighted by molar-refractivity contribution is -0.136. The van der Waals surface area contributed by atoms with Gasteiger partial charge in [0.25, 0.3) is 5.91 Å². The minimum Gasteiger partial charge on any atom is -0.481 e. The van der Waals surface area contributed by atoms with Crippen molar-refractivity contribution >= 4 is 34.8 Å². The number of rotatable bonds is 4. The number of carboxylic acid groups (broad SMARTS) is 1. The van der Waals surface area contributed by atoms with E-state index in [1.165, 1.54) is 11.3 Å². The summed E-state index contributed by atoms with van der Waals surface area (Å²) in [6, 6.07) is 8.88. The van der Waals surface area contributed by atoms with Gasteiger partial charge in [-0.2, -0.15) is 0 Å². The predicted molar refractivity (Wildman–Crippen MR) is 92.8 cm³/mol. The van der Waals surface area contributed by atoms with Crippen molar-refractivity contribution in [1.29, 1.82) is 0 Å². The first-order valence-electron chi connectivity index (χ1n) is 7.52. The average molecular weight is 366 g/mol. The van der Waals surface area contributed by atoms with Crippen LogP contribution in [0.25, 0.3) is 10.4 Å². The molecule has 0 bridgehead atoms. The number of aliphatic carboxylic acids is 1.